The van der Waals surface area contributed by atoms with Gasteiger partial charge < -0.3 is 10.5 Å². The minimum absolute atomic E-state index is 0.521. The molecular formula is C13H20BrNO. The lowest BCUT2D eigenvalue weighted by molar-refractivity contribution is 0.295. The average molecular weight is 286 g/mol. The number of nitrogens with two attached hydrogens (primary N) is 1. The van der Waals surface area contributed by atoms with Crippen LogP contribution < -0.4 is 10.5 Å². The second-order valence-corrected chi connectivity index (χ2v) is 5.26. The molecule has 1 aromatic carbocycles. The Labute approximate surface area is 106 Å². The number of ether oxygens (including phenoxy) is 1. The van der Waals surface area contributed by atoms with E-state index in [1.165, 1.54) is 6.42 Å². The molecule has 90 valence electrons. The zero-order chi connectivity index (χ0) is 12.0. The fourth-order valence-electron chi connectivity index (χ4n) is 1.51. The van der Waals surface area contributed by atoms with E-state index in [1.54, 1.807) is 0 Å². The maximum atomic E-state index is 5.75. The fourth-order valence-corrected chi connectivity index (χ4v) is 1.85. The van der Waals surface area contributed by atoms with E-state index in [0.717, 1.165) is 34.7 Å². The molecule has 0 aliphatic carbocycles. The van der Waals surface area contributed by atoms with Crippen LogP contribution in [0.5, 0.6) is 5.75 Å². The fraction of sp³-hybridized carbons (Fsp3) is 0.538. The van der Waals surface area contributed by atoms with Gasteiger partial charge in [-0.25, -0.2) is 0 Å². The minimum atomic E-state index is 0.521. The van der Waals surface area contributed by atoms with Gasteiger partial charge in [0, 0.05) is 16.6 Å². The van der Waals surface area contributed by atoms with Gasteiger partial charge in [-0.15, -0.1) is 0 Å². The molecule has 0 spiro atoms. The lowest BCUT2D eigenvalue weighted by atomic mass is 10.1. The second kappa shape index (κ2) is 6.92. The molecule has 0 bridgehead atoms. The molecule has 3 heteroatoms. The van der Waals surface area contributed by atoms with Gasteiger partial charge in [0.1, 0.15) is 5.75 Å². The summed E-state index contributed by atoms with van der Waals surface area (Å²) in [6.45, 7) is 5.74. The van der Waals surface area contributed by atoms with E-state index in [-0.39, 0.29) is 0 Å². The SMILES string of the molecule is CC(C)CCCOc1cc(Br)ccc1CN. The Bertz CT molecular complexity index is 326. The summed E-state index contributed by atoms with van der Waals surface area (Å²) >= 11 is 3.44. The highest BCUT2D eigenvalue weighted by Crippen LogP contribution is 2.23. The first-order valence-corrected chi connectivity index (χ1v) is 6.54. The van der Waals surface area contributed by atoms with Gasteiger partial charge in [-0.05, 0) is 30.9 Å². The van der Waals surface area contributed by atoms with E-state index >= 15 is 0 Å². The zero-order valence-electron chi connectivity index (χ0n) is 10.0. The zero-order valence-corrected chi connectivity index (χ0v) is 11.6. The maximum absolute atomic E-state index is 5.75. The van der Waals surface area contributed by atoms with Crippen LogP contribution in [0.25, 0.3) is 0 Å². The van der Waals surface area contributed by atoms with Crippen LogP contribution in [0.1, 0.15) is 32.3 Å². The molecule has 0 heterocycles. The van der Waals surface area contributed by atoms with Gasteiger partial charge in [0.05, 0.1) is 6.61 Å². The Morgan fingerprint density at radius 1 is 1.38 bits per heavy atom. The lowest BCUT2D eigenvalue weighted by Crippen LogP contribution is -2.04. The first kappa shape index (κ1) is 13.5. The largest absolute Gasteiger partial charge is 0.493 e. The molecule has 0 aliphatic heterocycles. The molecule has 0 saturated carbocycles. The van der Waals surface area contributed by atoms with Crippen LogP contribution in [0.15, 0.2) is 22.7 Å². The topological polar surface area (TPSA) is 35.2 Å². The van der Waals surface area contributed by atoms with Crippen LogP contribution in [-0.4, -0.2) is 6.61 Å². The minimum Gasteiger partial charge on any atom is -0.493 e. The Balaban J connectivity index is 2.48. The van der Waals surface area contributed by atoms with Crippen LogP contribution in [-0.2, 0) is 6.54 Å². The van der Waals surface area contributed by atoms with Crippen molar-refractivity contribution >= 4 is 15.9 Å². The standard InChI is InChI=1S/C13H20BrNO/c1-10(2)4-3-7-16-13-8-12(14)6-5-11(13)9-15/h5-6,8,10H,3-4,7,9,15H2,1-2H3. The normalized spacial score (nSPS) is 10.8. The van der Waals surface area contributed by atoms with Crippen molar-refractivity contribution in [3.63, 3.8) is 0 Å². The molecule has 0 saturated heterocycles. The molecule has 0 amide bonds. The van der Waals surface area contributed by atoms with Crippen LogP contribution >= 0.6 is 15.9 Å². The van der Waals surface area contributed by atoms with Crippen molar-refractivity contribution in [2.45, 2.75) is 33.2 Å². The van der Waals surface area contributed by atoms with Gasteiger partial charge in [-0.1, -0.05) is 35.8 Å². The van der Waals surface area contributed by atoms with Crippen molar-refractivity contribution in [1.29, 1.82) is 0 Å². The Hall–Kier alpha value is -0.540. The molecule has 1 rings (SSSR count). The van der Waals surface area contributed by atoms with E-state index in [1.807, 2.05) is 18.2 Å². The number of rotatable bonds is 6. The van der Waals surface area contributed by atoms with Gasteiger partial charge in [0.25, 0.3) is 0 Å². The Morgan fingerprint density at radius 3 is 2.75 bits per heavy atom. The Morgan fingerprint density at radius 2 is 2.12 bits per heavy atom. The molecule has 2 N–H and O–H groups in total. The van der Waals surface area contributed by atoms with Crippen molar-refractivity contribution in [1.82, 2.24) is 0 Å². The van der Waals surface area contributed by atoms with Gasteiger partial charge in [-0.3, -0.25) is 0 Å². The first-order valence-electron chi connectivity index (χ1n) is 5.74. The molecule has 2 nitrogen and oxygen atoms in total. The lowest BCUT2D eigenvalue weighted by Gasteiger charge is -2.11. The summed E-state index contributed by atoms with van der Waals surface area (Å²) in [6.07, 6.45) is 2.29. The highest BCUT2D eigenvalue weighted by molar-refractivity contribution is 9.10. The molecule has 0 unspecified atom stereocenters. The molecule has 0 fully saturated rings. The summed E-state index contributed by atoms with van der Waals surface area (Å²) in [7, 11) is 0. The number of hydrogen-bond donors (Lipinski definition) is 1. The highest BCUT2D eigenvalue weighted by Gasteiger charge is 2.03. The third kappa shape index (κ3) is 4.54. The smallest absolute Gasteiger partial charge is 0.124 e. The predicted octanol–water partition coefficient (Wildman–Crippen LogP) is 3.72. The summed E-state index contributed by atoms with van der Waals surface area (Å²) in [5, 5.41) is 0. The van der Waals surface area contributed by atoms with Crippen LogP contribution in [0, 0.1) is 5.92 Å². The summed E-state index contributed by atoms with van der Waals surface area (Å²) < 4.78 is 6.78. The number of hydrogen-bond acceptors (Lipinski definition) is 2. The van der Waals surface area contributed by atoms with E-state index in [4.69, 9.17) is 10.5 Å². The Kier molecular flexibility index (Phi) is 5.85. The van der Waals surface area contributed by atoms with Crippen LogP contribution in [0.2, 0.25) is 0 Å². The maximum Gasteiger partial charge on any atom is 0.124 e. The van der Waals surface area contributed by atoms with Crippen molar-refractivity contribution in [3.8, 4) is 5.75 Å². The highest BCUT2D eigenvalue weighted by atomic mass is 79.9. The van der Waals surface area contributed by atoms with E-state index in [0.29, 0.717) is 6.54 Å². The summed E-state index contributed by atoms with van der Waals surface area (Å²) in [5.74, 6) is 1.64. The van der Waals surface area contributed by atoms with Crippen molar-refractivity contribution in [2.75, 3.05) is 6.61 Å². The van der Waals surface area contributed by atoms with Crippen molar-refractivity contribution in [3.05, 3.63) is 28.2 Å². The molecule has 1 aromatic rings. The monoisotopic (exact) mass is 285 g/mol. The van der Waals surface area contributed by atoms with E-state index < -0.39 is 0 Å². The molecule has 0 aliphatic rings. The third-order valence-corrected chi connectivity index (χ3v) is 2.93. The quantitative estimate of drug-likeness (QED) is 0.809. The van der Waals surface area contributed by atoms with E-state index in [2.05, 4.69) is 29.8 Å². The molecule has 0 aromatic heterocycles. The summed E-state index contributed by atoms with van der Waals surface area (Å²) in [4.78, 5) is 0. The van der Waals surface area contributed by atoms with Crippen molar-refractivity contribution < 1.29 is 4.74 Å². The molecule has 16 heavy (non-hydrogen) atoms. The summed E-state index contributed by atoms with van der Waals surface area (Å²) in [6, 6.07) is 5.97. The molecule has 0 radical (unpaired) electrons. The van der Waals surface area contributed by atoms with Gasteiger partial charge >= 0.3 is 0 Å². The third-order valence-electron chi connectivity index (χ3n) is 2.43. The number of benzene rings is 1. The predicted molar refractivity (Wildman–Crippen MR) is 71.6 cm³/mol. The first-order chi connectivity index (χ1) is 7.63. The van der Waals surface area contributed by atoms with Crippen LogP contribution in [0.3, 0.4) is 0 Å². The molecular weight excluding hydrogens is 266 g/mol. The average Bonchev–Trinajstić information content (AvgIpc) is 2.24. The van der Waals surface area contributed by atoms with Gasteiger partial charge in [0.2, 0.25) is 0 Å². The number of halogens is 1. The van der Waals surface area contributed by atoms with Crippen molar-refractivity contribution in [2.24, 2.45) is 11.7 Å². The van der Waals surface area contributed by atoms with E-state index in [9.17, 15) is 0 Å². The van der Waals surface area contributed by atoms with Gasteiger partial charge in [0.15, 0.2) is 0 Å². The van der Waals surface area contributed by atoms with Crippen LogP contribution in [0.4, 0.5) is 0 Å². The second-order valence-electron chi connectivity index (χ2n) is 4.34. The summed E-state index contributed by atoms with van der Waals surface area (Å²) in [5.41, 5.74) is 6.72. The van der Waals surface area contributed by atoms with Gasteiger partial charge in [-0.2, -0.15) is 0 Å². The molecule has 0 atom stereocenters.